The van der Waals surface area contributed by atoms with E-state index < -0.39 is 5.82 Å². The van der Waals surface area contributed by atoms with Crippen LogP contribution >= 0.6 is 23.2 Å². The number of hydrogen-bond acceptors (Lipinski definition) is 3. The molecule has 0 aliphatic carbocycles. The minimum absolute atomic E-state index is 0.0309. The fraction of sp³-hybridized carbons (Fsp3) is 0.0455. The predicted molar refractivity (Wildman–Crippen MR) is 117 cm³/mol. The topological polar surface area (TPSA) is 63.0 Å². The number of fused-ring (bicyclic) bond motifs is 2. The summed E-state index contributed by atoms with van der Waals surface area (Å²) in [6.07, 6.45) is 0. The molecular formula is C22H13Cl2FN4O. The molecule has 2 aromatic carbocycles. The molecular weight excluding hydrogens is 426 g/mol. The first-order valence-corrected chi connectivity index (χ1v) is 9.82. The Bertz CT molecular complexity index is 1520. The van der Waals surface area contributed by atoms with Gasteiger partial charge in [0.2, 0.25) is 0 Å². The van der Waals surface area contributed by atoms with Crippen molar-refractivity contribution in [3.05, 3.63) is 86.8 Å². The van der Waals surface area contributed by atoms with Crippen LogP contribution in [0.15, 0.2) is 59.4 Å². The van der Waals surface area contributed by atoms with Crippen molar-refractivity contribution in [3.63, 3.8) is 0 Å². The van der Waals surface area contributed by atoms with Gasteiger partial charge < -0.3 is 0 Å². The largest absolute Gasteiger partial charge is 0.293 e. The van der Waals surface area contributed by atoms with Gasteiger partial charge in [0, 0.05) is 22.9 Å². The third-order valence-corrected chi connectivity index (χ3v) is 5.57. The number of pyridine rings is 1. The molecule has 0 amide bonds. The number of aromatic nitrogens is 4. The Morgan fingerprint density at radius 2 is 1.73 bits per heavy atom. The van der Waals surface area contributed by atoms with Gasteiger partial charge in [0.1, 0.15) is 5.15 Å². The van der Waals surface area contributed by atoms with Gasteiger partial charge in [-0.05, 0) is 29.3 Å². The molecule has 5 nitrogen and oxygen atoms in total. The summed E-state index contributed by atoms with van der Waals surface area (Å²) in [6.45, 7) is 1.88. The van der Waals surface area contributed by atoms with E-state index in [4.69, 9.17) is 23.2 Å². The van der Waals surface area contributed by atoms with Crippen LogP contribution in [-0.2, 0) is 0 Å². The van der Waals surface area contributed by atoms with Crippen LogP contribution in [-0.4, -0.2) is 19.6 Å². The molecule has 0 bridgehead atoms. The Kier molecular flexibility index (Phi) is 4.34. The van der Waals surface area contributed by atoms with E-state index in [2.05, 4.69) is 15.1 Å². The number of aryl methyl sites for hydroxylation is 1. The lowest BCUT2D eigenvalue weighted by Crippen LogP contribution is -2.14. The van der Waals surface area contributed by atoms with Crippen molar-refractivity contribution in [1.29, 1.82) is 0 Å². The zero-order valence-corrected chi connectivity index (χ0v) is 17.1. The smallest absolute Gasteiger partial charge is 0.273 e. The molecule has 0 spiro atoms. The van der Waals surface area contributed by atoms with Crippen LogP contribution in [0.4, 0.5) is 4.39 Å². The molecule has 8 heteroatoms. The summed E-state index contributed by atoms with van der Waals surface area (Å²) in [4.78, 5) is 21.2. The van der Waals surface area contributed by atoms with Gasteiger partial charge in [-0.1, -0.05) is 65.7 Å². The third kappa shape index (κ3) is 2.88. The van der Waals surface area contributed by atoms with Crippen LogP contribution in [0.2, 0.25) is 10.3 Å². The second kappa shape index (κ2) is 6.93. The molecule has 5 aromatic rings. The molecule has 0 atom stereocenters. The molecule has 3 aromatic heterocycles. The summed E-state index contributed by atoms with van der Waals surface area (Å²) < 4.78 is 15.4. The highest BCUT2D eigenvalue weighted by atomic mass is 35.5. The quantitative estimate of drug-likeness (QED) is 0.361. The number of rotatable bonds is 2. The normalized spacial score (nSPS) is 11.5. The molecule has 0 aliphatic heterocycles. The monoisotopic (exact) mass is 438 g/mol. The number of benzene rings is 2. The number of nitrogens with one attached hydrogen (secondary N) is 1. The number of halogens is 3. The van der Waals surface area contributed by atoms with Crippen molar-refractivity contribution in [3.8, 4) is 22.4 Å². The van der Waals surface area contributed by atoms with Gasteiger partial charge in [-0.2, -0.15) is 0 Å². The Balaban J connectivity index is 1.84. The molecule has 0 fully saturated rings. The lowest BCUT2D eigenvalue weighted by atomic mass is 9.98. The molecule has 148 valence electrons. The van der Waals surface area contributed by atoms with E-state index in [0.717, 1.165) is 33.7 Å². The summed E-state index contributed by atoms with van der Waals surface area (Å²) >= 11 is 11.9. The average Bonchev–Trinajstić information content (AvgIpc) is 3.06. The highest BCUT2D eigenvalue weighted by Crippen LogP contribution is 2.34. The highest BCUT2D eigenvalue weighted by molar-refractivity contribution is 6.34. The second-order valence-electron chi connectivity index (χ2n) is 6.88. The maximum Gasteiger partial charge on any atom is 0.273 e. The van der Waals surface area contributed by atoms with Gasteiger partial charge in [-0.3, -0.25) is 9.89 Å². The maximum absolute atomic E-state index is 14.0. The molecule has 0 saturated carbocycles. The van der Waals surface area contributed by atoms with Crippen LogP contribution < -0.4 is 5.56 Å². The summed E-state index contributed by atoms with van der Waals surface area (Å²) in [5.74, 6) is -0.738. The van der Waals surface area contributed by atoms with Crippen LogP contribution in [0, 0.1) is 12.7 Å². The van der Waals surface area contributed by atoms with Crippen molar-refractivity contribution in [2.45, 2.75) is 6.92 Å². The maximum atomic E-state index is 14.0. The van der Waals surface area contributed by atoms with E-state index in [9.17, 15) is 9.18 Å². The summed E-state index contributed by atoms with van der Waals surface area (Å²) in [7, 11) is 0. The van der Waals surface area contributed by atoms with Gasteiger partial charge in [0.15, 0.2) is 16.6 Å². The van der Waals surface area contributed by atoms with Gasteiger partial charge in [-0.15, -0.1) is 0 Å². The first-order chi connectivity index (χ1) is 14.4. The Morgan fingerprint density at radius 1 is 0.967 bits per heavy atom. The number of H-pyrrole nitrogens is 1. The van der Waals surface area contributed by atoms with E-state index in [1.165, 1.54) is 10.6 Å². The van der Waals surface area contributed by atoms with E-state index >= 15 is 0 Å². The minimum Gasteiger partial charge on any atom is -0.293 e. The number of hydrogen-bond donors (Lipinski definition) is 1. The van der Waals surface area contributed by atoms with E-state index in [1.807, 2.05) is 49.4 Å². The molecule has 0 unspecified atom stereocenters. The van der Waals surface area contributed by atoms with Crippen LogP contribution in [0.3, 0.4) is 0 Å². The summed E-state index contributed by atoms with van der Waals surface area (Å²) in [6, 6.07) is 16.4. The number of nitrogens with zero attached hydrogens (tertiary/aromatic N) is 3. The molecule has 30 heavy (non-hydrogen) atoms. The molecule has 3 heterocycles. The molecule has 0 saturated heterocycles. The first-order valence-electron chi connectivity index (χ1n) is 9.06. The Hall–Kier alpha value is -3.22. The minimum atomic E-state index is -0.738. The zero-order chi connectivity index (χ0) is 21.0. The Morgan fingerprint density at radius 3 is 2.57 bits per heavy atom. The van der Waals surface area contributed by atoms with Gasteiger partial charge in [-0.25, -0.2) is 18.9 Å². The second-order valence-corrected chi connectivity index (χ2v) is 7.59. The lowest BCUT2D eigenvalue weighted by Gasteiger charge is -2.08. The number of aromatic amines is 1. The van der Waals surface area contributed by atoms with Crippen molar-refractivity contribution in [2.24, 2.45) is 0 Å². The average molecular weight is 439 g/mol. The summed E-state index contributed by atoms with van der Waals surface area (Å²) in [5, 5.41) is 4.80. The van der Waals surface area contributed by atoms with E-state index in [1.54, 1.807) is 0 Å². The van der Waals surface area contributed by atoms with Crippen LogP contribution in [0.1, 0.15) is 5.69 Å². The first kappa shape index (κ1) is 18.8. The van der Waals surface area contributed by atoms with Gasteiger partial charge in [0.25, 0.3) is 5.56 Å². The zero-order valence-electron chi connectivity index (χ0n) is 15.6. The van der Waals surface area contributed by atoms with Crippen molar-refractivity contribution >= 4 is 39.6 Å². The highest BCUT2D eigenvalue weighted by Gasteiger charge is 2.19. The molecule has 5 rings (SSSR count). The fourth-order valence-corrected chi connectivity index (χ4v) is 4.10. The molecule has 1 N–H and O–H groups in total. The van der Waals surface area contributed by atoms with Crippen molar-refractivity contribution < 1.29 is 4.39 Å². The van der Waals surface area contributed by atoms with E-state index in [0.29, 0.717) is 5.65 Å². The fourth-order valence-electron chi connectivity index (χ4n) is 3.68. The Labute approximate surface area is 179 Å². The standard InChI is InChI=1S/C22H13Cl2FN4O/c1-11-19(14-8-4-6-12-5-2-3-7-13(12)14)22-26-17(10-18(30)29(22)28-11)15-9-16(25)21(24)27-20(15)23/h2-10,28H,1H3. The summed E-state index contributed by atoms with van der Waals surface area (Å²) in [5.41, 5.74) is 2.96. The SMILES string of the molecule is Cc1[nH]n2c(=O)cc(-c3cc(F)c(Cl)nc3Cl)nc2c1-c1cccc2ccccc12. The van der Waals surface area contributed by atoms with Gasteiger partial charge >= 0.3 is 0 Å². The van der Waals surface area contributed by atoms with E-state index in [-0.39, 0.29) is 27.1 Å². The molecule has 0 aliphatic rings. The predicted octanol–water partition coefficient (Wildman–Crippen LogP) is 5.66. The third-order valence-electron chi connectivity index (χ3n) is 5.02. The van der Waals surface area contributed by atoms with Crippen LogP contribution in [0.25, 0.3) is 38.8 Å². The molecule has 0 radical (unpaired) electrons. The van der Waals surface area contributed by atoms with Crippen molar-refractivity contribution in [1.82, 2.24) is 19.6 Å². The lowest BCUT2D eigenvalue weighted by molar-refractivity contribution is 0.622. The van der Waals surface area contributed by atoms with Gasteiger partial charge in [0.05, 0.1) is 5.69 Å². The van der Waals surface area contributed by atoms with Crippen LogP contribution in [0.5, 0.6) is 0 Å². The van der Waals surface area contributed by atoms with Crippen molar-refractivity contribution in [2.75, 3.05) is 0 Å².